The third kappa shape index (κ3) is 3.56. The van der Waals surface area contributed by atoms with E-state index in [-0.39, 0.29) is 53.3 Å². The lowest BCUT2D eigenvalue weighted by molar-refractivity contribution is 0.253. The van der Waals surface area contributed by atoms with E-state index in [0.717, 1.165) is 4.90 Å². The van der Waals surface area contributed by atoms with Crippen molar-refractivity contribution < 1.29 is 23.1 Å². The first kappa shape index (κ1) is 20.5. The van der Waals surface area contributed by atoms with Gasteiger partial charge >= 0.3 is 6.03 Å². The van der Waals surface area contributed by atoms with Gasteiger partial charge in [0.15, 0.2) is 0 Å². The molecule has 1 aliphatic heterocycles. The minimum Gasteiger partial charge on any atom is -0.505 e. The first-order chi connectivity index (χ1) is 13.3. The number of anilines is 2. The number of nitrogens with zero attached hydrogens (tertiary/aromatic N) is 2. The van der Waals surface area contributed by atoms with Gasteiger partial charge in [-0.25, -0.2) is 13.4 Å². The highest BCUT2D eigenvalue weighted by molar-refractivity contribution is 7.76. The molecular formula is C17H18ClFN4O4S. The van der Waals surface area contributed by atoms with Gasteiger partial charge < -0.3 is 16.6 Å². The van der Waals surface area contributed by atoms with Crippen LogP contribution in [0, 0.1) is 5.82 Å². The number of primary amides is 1. The maximum Gasteiger partial charge on any atom is 0.324 e. The van der Waals surface area contributed by atoms with Gasteiger partial charge in [0.2, 0.25) is 11.3 Å². The van der Waals surface area contributed by atoms with Gasteiger partial charge in [-0.15, -0.1) is 0 Å². The minimum absolute atomic E-state index is 0.00997. The third-order valence-corrected chi connectivity index (χ3v) is 5.69. The van der Waals surface area contributed by atoms with Crippen molar-refractivity contribution in [3.63, 3.8) is 0 Å². The summed E-state index contributed by atoms with van der Waals surface area (Å²) in [6.45, 7) is 0.210. The fourth-order valence-electron chi connectivity index (χ4n) is 3.21. The van der Waals surface area contributed by atoms with E-state index >= 15 is 0 Å². The highest BCUT2D eigenvalue weighted by Crippen LogP contribution is 2.45. The Morgan fingerprint density at radius 3 is 2.57 bits per heavy atom. The maximum atomic E-state index is 14.1. The molecule has 1 unspecified atom stereocenters. The second-order valence-corrected chi connectivity index (χ2v) is 7.60. The van der Waals surface area contributed by atoms with Crippen LogP contribution in [0.4, 0.5) is 20.6 Å². The molecule has 0 spiro atoms. The summed E-state index contributed by atoms with van der Waals surface area (Å²) >= 11 is 4.10. The monoisotopic (exact) mass is 428 g/mol. The number of carbonyl (C=O) groups excluding carboxylic acids is 1. The number of rotatable bonds is 5. The molecule has 1 heterocycles. The van der Waals surface area contributed by atoms with E-state index < -0.39 is 23.1 Å². The molecular weight excluding hydrogens is 411 g/mol. The van der Waals surface area contributed by atoms with Gasteiger partial charge in [0, 0.05) is 41.7 Å². The molecule has 8 nitrogen and oxygen atoms in total. The van der Waals surface area contributed by atoms with Crippen molar-refractivity contribution >= 4 is 40.3 Å². The Kier molecular flexibility index (Phi) is 5.87. The topological polar surface area (TPSA) is 133 Å². The molecule has 2 aromatic rings. The average Bonchev–Trinajstić information content (AvgIpc) is 2.58. The zero-order chi connectivity index (χ0) is 20.6. The van der Waals surface area contributed by atoms with E-state index in [2.05, 4.69) is 0 Å². The number of hydrogen-bond acceptors (Lipinski definition) is 4. The number of amides is 2. The summed E-state index contributed by atoms with van der Waals surface area (Å²) in [5, 5.41) is 11.1. The number of phenolic OH excluding ortho intramolecular Hbond substituents is 1. The summed E-state index contributed by atoms with van der Waals surface area (Å²) in [7, 11) is 0. The molecule has 11 heteroatoms. The number of benzene rings is 2. The Morgan fingerprint density at radius 2 is 2.00 bits per heavy atom. The van der Waals surface area contributed by atoms with Crippen molar-refractivity contribution in [1.82, 2.24) is 4.31 Å². The number of carbonyl (C=O) groups is 1. The normalized spacial score (nSPS) is 15.9. The molecule has 150 valence electrons. The number of phenols is 1. The molecule has 2 amide bonds. The Hall–Kier alpha value is -2.24. The van der Waals surface area contributed by atoms with Crippen molar-refractivity contribution in [3.05, 3.63) is 52.3 Å². The first-order valence-electron chi connectivity index (χ1n) is 8.20. The van der Waals surface area contributed by atoms with E-state index in [1.54, 1.807) is 0 Å². The van der Waals surface area contributed by atoms with Crippen LogP contribution in [0.3, 0.4) is 0 Å². The lowest BCUT2D eigenvalue weighted by Crippen LogP contribution is -2.45. The predicted molar refractivity (Wildman–Crippen MR) is 104 cm³/mol. The molecule has 1 saturated heterocycles. The minimum atomic E-state index is -2.12. The van der Waals surface area contributed by atoms with Crippen molar-refractivity contribution in [2.24, 2.45) is 11.5 Å². The van der Waals surface area contributed by atoms with E-state index in [1.807, 2.05) is 0 Å². The molecule has 0 bridgehead atoms. The highest BCUT2D eigenvalue weighted by atomic mass is 35.5. The van der Waals surface area contributed by atoms with Crippen molar-refractivity contribution in [2.45, 2.75) is 12.5 Å². The molecule has 0 aliphatic carbocycles. The Morgan fingerprint density at radius 1 is 1.32 bits per heavy atom. The molecule has 0 saturated carbocycles. The summed E-state index contributed by atoms with van der Waals surface area (Å²) in [4.78, 5) is 13.1. The second-order valence-electron chi connectivity index (χ2n) is 6.22. The second kappa shape index (κ2) is 8.02. The first-order valence-corrected chi connectivity index (χ1v) is 9.64. The number of nitrogens with two attached hydrogens (primary N) is 2. The van der Waals surface area contributed by atoms with E-state index in [4.69, 9.17) is 27.6 Å². The summed E-state index contributed by atoms with van der Waals surface area (Å²) in [5.74, 6) is -1.24. The largest absolute Gasteiger partial charge is 0.505 e. The Balaban J connectivity index is 2.09. The zero-order valence-corrected chi connectivity index (χ0v) is 16.1. The third-order valence-electron chi connectivity index (χ3n) is 4.62. The van der Waals surface area contributed by atoms with Crippen LogP contribution in [0.2, 0.25) is 5.02 Å². The quantitative estimate of drug-likeness (QED) is 0.542. The maximum absolute atomic E-state index is 14.1. The molecule has 2 aromatic carbocycles. The van der Waals surface area contributed by atoms with Gasteiger partial charge in [-0.3, -0.25) is 9.45 Å². The summed E-state index contributed by atoms with van der Waals surface area (Å²) in [6, 6.07) is 5.98. The summed E-state index contributed by atoms with van der Waals surface area (Å²) < 4.78 is 35.6. The van der Waals surface area contributed by atoms with Crippen LogP contribution in [0.5, 0.6) is 5.75 Å². The van der Waals surface area contributed by atoms with Crippen molar-refractivity contribution in [2.75, 3.05) is 18.0 Å². The summed E-state index contributed by atoms with van der Waals surface area (Å²) in [5.41, 5.74) is 11.6. The van der Waals surface area contributed by atoms with E-state index in [0.29, 0.717) is 5.56 Å². The Bertz CT molecular complexity index is 955. The van der Waals surface area contributed by atoms with Crippen molar-refractivity contribution in [1.29, 1.82) is 0 Å². The molecule has 1 fully saturated rings. The van der Waals surface area contributed by atoms with Gasteiger partial charge in [-0.2, -0.15) is 4.31 Å². The van der Waals surface area contributed by atoms with Gasteiger partial charge in [-0.1, -0.05) is 17.7 Å². The fourth-order valence-corrected chi connectivity index (χ4v) is 4.14. The predicted octanol–water partition coefficient (Wildman–Crippen LogP) is 2.40. The van der Waals surface area contributed by atoms with Gasteiger partial charge in [0.1, 0.15) is 11.6 Å². The zero-order valence-electron chi connectivity index (χ0n) is 14.5. The fraction of sp³-hybridized carbons (Fsp3) is 0.235. The SMILES string of the molecule is NCc1c(F)cccc1N(C(N)=O)c1ccc(Cl)c(C2CN(S(=O)O)C2)c1O. The lowest BCUT2D eigenvalue weighted by atomic mass is 9.92. The smallest absolute Gasteiger partial charge is 0.324 e. The standard InChI is InChI=1S/C17H18ClFN4O4S/c18-11-4-5-14(16(24)15(11)9-7-22(8-9)28(26)27)23(17(21)25)13-3-1-2-12(19)10(13)6-20/h1-5,9,24H,6-8,20H2,(H2,21,25)(H,26,27). The number of urea groups is 1. The van der Waals surface area contributed by atoms with Crippen LogP contribution in [0.1, 0.15) is 17.0 Å². The molecule has 1 aliphatic rings. The van der Waals surface area contributed by atoms with Gasteiger partial charge in [0.05, 0.1) is 11.4 Å². The van der Waals surface area contributed by atoms with Crippen LogP contribution in [-0.4, -0.2) is 37.3 Å². The molecule has 28 heavy (non-hydrogen) atoms. The van der Waals surface area contributed by atoms with Crippen LogP contribution in [-0.2, 0) is 17.8 Å². The molecule has 3 rings (SSSR count). The molecule has 6 N–H and O–H groups in total. The van der Waals surface area contributed by atoms with Crippen LogP contribution >= 0.6 is 11.6 Å². The van der Waals surface area contributed by atoms with E-state index in [9.17, 15) is 18.5 Å². The highest BCUT2D eigenvalue weighted by Gasteiger charge is 2.36. The molecule has 0 radical (unpaired) electrons. The van der Waals surface area contributed by atoms with Crippen LogP contribution in [0.15, 0.2) is 30.3 Å². The number of hydrogen-bond donors (Lipinski definition) is 4. The van der Waals surface area contributed by atoms with Crippen molar-refractivity contribution in [3.8, 4) is 5.75 Å². The van der Waals surface area contributed by atoms with Gasteiger partial charge in [0.25, 0.3) is 0 Å². The van der Waals surface area contributed by atoms with Crippen LogP contribution < -0.4 is 16.4 Å². The lowest BCUT2D eigenvalue weighted by Gasteiger charge is -2.37. The molecule has 1 atom stereocenters. The summed E-state index contributed by atoms with van der Waals surface area (Å²) in [6.07, 6.45) is 0. The van der Waals surface area contributed by atoms with E-state index in [1.165, 1.54) is 34.6 Å². The number of halogens is 2. The molecule has 0 aromatic heterocycles. The van der Waals surface area contributed by atoms with Gasteiger partial charge in [-0.05, 0) is 24.3 Å². The number of aromatic hydroxyl groups is 1. The van der Waals surface area contributed by atoms with Crippen LogP contribution in [0.25, 0.3) is 0 Å². The Labute approximate surface area is 167 Å². The average molecular weight is 429 g/mol.